The lowest BCUT2D eigenvalue weighted by atomic mass is 10.1. The summed E-state index contributed by atoms with van der Waals surface area (Å²) in [7, 11) is 3.21. The Morgan fingerprint density at radius 2 is 1.96 bits per heavy atom. The number of amides is 1. The SMILES string of the molecule is COc1ccc(CCCC(=O)NCc2ccc(C(=O)O)s2)c(OC)c1. The Labute approximate surface area is 150 Å². The molecule has 0 spiro atoms. The van der Waals surface area contributed by atoms with Crippen molar-refractivity contribution in [2.75, 3.05) is 14.2 Å². The Morgan fingerprint density at radius 1 is 1.16 bits per heavy atom. The van der Waals surface area contributed by atoms with Crippen molar-refractivity contribution in [2.45, 2.75) is 25.8 Å². The van der Waals surface area contributed by atoms with Gasteiger partial charge in [0, 0.05) is 17.4 Å². The van der Waals surface area contributed by atoms with Crippen LogP contribution in [-0.4, -0.2) is 31.2 Å². The predicted octanol–water partition coefficient (Wildman–Crippen LogP) is 3.10. The van der Waals surface area contributed by atoms with Crippen LogP contribution >= 0.6 is 11.3 Å². The minimum Gasteiger partial charge on any atom is -0.497 e. The molecule has 0 bridgehead atoms. The van der Waals surface area contributed by atoms with Gasteiger partial charge in [0.25, 0.3) is 0 Å². The van der Waals surface area contributed by atoms with E-state index in [0.29, 0.717) is 19.4 Å². The maximum atomic E-state index is 11.9. The number of ether oxygens (including phenoxy) is 2. The zero-order chi connectivity index (χ0) is 18.2. The van der Waals surface area contributed by atoms with Gasteiger partial charge in [-0.1, -0.05) is 6.07 Å². The number of methoxy groups -OCH3 is 2. The van der Waals surface area contributed by atoms with Crippen molar-refractivity contribution in [1.29, 1.82) is 0 Å². The van der Waals surface area contributed by atoms with E-state index < -0.39 is 5.97 Å². The van der Waals surface area contributed by atoms with Gasteiger partial charge >= 0.3 is 5.97 Å². The summed E-state index contributed by atoms with van der Waals surface area (Å²) in [5.41, 5.74) is 1.03. The molecule has 0 saturated heterocycles. The van der Waals surface area contributed by atoms with E-state index in [0.717, 1.165) is 28.4 Å². The summed E-state index contributed by atoms with van der Waals surface area (Å²) in [6.45, 7) is 0.350. The zero-order valence-corrected chi connectivity index (χ0v) is 15.0. The number of rotatable bonds is 9. The average Bonchev–Trinajstić information content (AvgIpc) is 3.09. The van der Waals surface area contributed by atoms with Crippen LogP contribution in [0.2, 0.25) is 0 Å². The fraction of sp³-hybridized carbons (Fsp3) is 0.333. The van der Waals surface area contributed by atoms with E-state index >= 15 is 0 Å². The molecule has 0 saturated carbocycles. The Kier molecular flexibility index (Phi) is 6.82. The van der Waals surface area contributed by atoms with Crippen molar-refractivity contribution in [1.82, 2.24) is 5.32 Å². The van der Waals surface area contributed by atoms with E-state index in [1.165, 1.54) is 11.3 Å². The van der Waals surface area contributed by atoms with Gasteiger partial charge in [0.05, 0.1) is 20.8 Å². The first-order valence-electron chi connectivity index (χ1n) is 7.83. The van der Waals surface area contributed by atoms with Crippen molar-refractivity contribution < 1.29 is 24.2 Å². The van der Waals surface area contributed by atoms with Crippen molar-refractivity contribution in [3.8, 4) is 11.5 Å². The summed E-state index contributed by atoms with van der Waals surface area (Å²) in [5.74, 6) is 0.475. The summed E-state index contributed by atoms with van der Waals surface area (Å²) >= 11 is 1.17. The Hall–Kier alpha value is -2.54. The second-order valence-corrected chi connectivity index (χ2v) is 6.55. The van der Waals surface area contributed by atoms with Gasteiger partial charge in [-0.3, -0.25) is 4.79 Å². The fourth-order valence-corrected chi connectivity index (χ4v) is 3.15. The van der Waals surface area contributed by atoms with Crippen LogP contribution in [-0.2, 0) is 17.8 Å². The van der Waals surface area contributed by atoms with Gasteiger partial charge in [0.2, 0.25) is 5.91 Å². The van der Waals surface area contributed by atoms with E-state index in [1.807, 2.05) is 18.2 Å². The topological polar surface area (TPSA) is 84.9 Å². The molecule has 0 unspecified atom stereocenters. The number of benzene rings is 1. The minimum absolute atomic E-state index is 0.0576. The van der Waals surface area contributed by atoms with Crippen LogP contribution in [0.15, 0.2) is 30.3 Å². The highest BCUT2D eigenvalue weighted by Crippen LogP contribution is 2.25. The number of aryl methyl sites for hydroxylation is 1. The summed E-state index contributed by atoms with van der Waals surface area (Å²) < 4.78 is 10.5. The van der Waals surface area contributed by atoms with Crippen LogP contribution in [0.5, 0.6) is 11.5 Å². The van der Waals surface area contributed by atoms with E-state index in [9.17, 15) is 9.59 Å². The Balaban J connectivity index is 1.77. The molecule has 1 heterocycles. The molecule has 134 valence electrons. The van der Waals surface area contributed by atoms with Gasteiger partial charge in [0.15, 0.2) is 0 Å². The number of hydrogen-bond donors (Lipinski definition) is 2. The van der Waals surface area contributed by atoms with Crippen molar-refractivity contribution in [3.05, 3.63) is 45.6 Å². The summed E-state index contributed by atoms with van der Waals surface area (Å²) in [6, 6.07) is 8.90. The largest absolute Gasteiger partial charge is 0.497 e. The van der Waals surface area contributed by atoms with Crippen LogP contribution in [0.4, 0.5) is 0 Å². The van der Waals surface area contributed by atoms with Crippen LogP contribution in [0.1, 0.15) is 33.0 Å². The maximum Gasteiger partial charge on any atom is 0.345 e. The lowest BCUT2D eigenvalue weighted by molar-refractivity contribution is -0.121. The number of carboxylic acid groups (broad SMARTS) is 1. The smallest absolute Gasteiger partial charge is 0.345 e. The second-order valence-electron chi connectivity index (χ2n) is 5.38. The number of carbonyl (C=O) groups excluding carboxylic acids is 1. The second kappa shape index (κ2) is 9.08. The molecule has 2 N–H and O–H groups in total. The van der Waals surface area contributed by atoms with Crippen LogP contribution in [0.25, 0.3) is 0 Å². The van der Waals surface area contributed by atoms with Crippen LogP contribution in [0, 0.1) is 0 Å². The molecule has 0 aliphatic carbocycles. The molecular weight excluding hydrogens is 342 g/mol. The molecule has 0 atom stereocenters. The lowest BCUT2D eigenvalue weighted by Gasteiger charge is -2.10. The van der Waals surface area contributed by atoms with Gasteiger partial charge < -0.3 is 19.9 Å². The number of aromatic carboxylic acids is 1. The summed E-state index contributed by atoms with van der Waals surface area (Å²) in [4.78, 5) is 23.8. The quantitative estimate of drug-likeness (QED) is 0.715. The van der Waals surface area contributed by atoms with Crippen molar-refractivity contribution in [3.63, 3.8) is 0 Å². The highest BCUT2D eigenvalue weighted by atomic mass is 32.1. The number of hydrogen-bond acceptors (Lipinski definition) is 5. The number of thiophene rings is 1. The first-order valence-corrected chi connectivity index (χ1v) is 8.64. The summed E-state index contributed by atoms with van der Waals surface area (Å²) in [5, 5.41) is 11.7. The fourth-order valence-electron chi connectivity index (χ4n) is 2.36. The molecule has 2 aromatic rings. The summed E-state index contributed by atoms with van der Waals surface area (Å²) in [6.07, 6.45) is 1.81. The van der Waals surface area contributed by atoms with Crippen molar-refractivity contribution >= 4 is 23.2 Å². The van der Waals surface area contributed by atoms with Gasteiger partial charge in [-0.05, 0) is 36.6 Å². The molecule has 1 amide bonds. The molecule has 25 heavy (non-hydrogen) atoms. The molecule has 1 aromatic heterocycles. The first kappa shape index (κ1) is 18.8. The lowest BCUT2D eigenvalue weighted by Crippen LogP contribution is -2.22. The predicted molar refractivity (Wildman–Crippen MR) is 95.6 cm³/mol. The minimum atomic E-state index is -0.948. The van der Waals surface area contributed by atoms with E-state index in [1.54, 1.807) is 26.4 Å². The van der Waals surface area contributed by atoms with Crippen LogP contribution in [0.3, 0.4) is 0 Å². The molecule has 2 rings (SSSR count). The van der Waals surface area contributed by atoms with Gasteiger partial charge in [0.1, 0.15) is 16.4 Å². The van der Waals surface area contributed by atoms with Gasteiger partial charge in [-0.25, -0.2) is 4.79 Å². The highest BCUT2D eigenvalue weighted by molar-refractivity contribution is 7.13. The molecular formula is C18H21NO5S. The Morgan fingerprint density at radius 3 is 2.60 bits per heavy atom. The molecule has 1 aromatic carbocycles. The average molecular weight is 363 g/mol. The van der Waals surface area contributed by atoms with E-state index in [4.69, 9.17) is 14.6 Å². The Bertz CT molecular complexity index is 741. The van der Waals surface area contributed by atoms with Gasteiger partial charge in [-0.15, -0.1) is 11.3 Å². The maximum absolute atomic E-state index is 11.9. The molecule has 0 radical (unpaired) electrons. The van der Waals surface area contributed by atoms with E-state index in [-0.39, 0.29) is 10.8 Å². The van der Waals surface area contributed by atoms with Crippen molar-refractivity contribution in [2.24, 2.45) is 0 Å². The monoisotopic (exact) mass is 363 g/mol. The zero-order valence-electron chi connectivity index (χ0n) is 14.2. The molecule has 6 nitrogen and oxygen atoms in total. The van der Waals surface area contributed by atoms with Crippen LogP contribution < -0.4 is 14.8 Å². The van der Waals surface area contributed by atoms with Gasteiger partial charge in [-0.2, -0.15) is 0 Å². The number of carbonyl (C=O) groups is 2. The number of nitrogens with one attached hydrogen (secondary N) is 1. The standard InChI is InChI=1S/C18H21NO5S/c1-23-13-7-6-12(15(10-13)24-2)4-3-5-17(20)19-11-14-8-9-16(25-14)18(21)22/h6-10H,3-5,11H2,1-2H3,(H,19,20)(H,21,22). The number of carboxylic acids is 1. The van der Waals surface area contributed by atoms with E-state index in [2.05, 4.69) is 5.32 Å². The normalized spacial score (nSPS) is 10.3. The third-order valence-electron chi connectivity index (χ3n) is 3.68. The highest BCUT2D eigenvalue weighted by Gasteiger charge is 2.09. The first-order chi connectivity index (χ1) is 12.0. The molecule has 7 heteroatoms. The molecule has 0 fully saturated rings. The third-order valence-corrected chi connectivity index (χ3v) is 4.75. The molecule has 0 aliphatic rings. The molecule has 0 aliphatic heterocycles. The third kappa shape index (κ3) is 5.49.